The van der Waals surface area contributed by atoms with Gasteiger partial charge in [-0.05, 0) is 30.7 Å². The molecule has 0 bridgehead atoms. The van der Waals surface area contributed by atoms with E-state index in [0.29, 0.717) is 16.5 Å². The van der Waals surface area contributed by atoms with Crippen LogP contribution in [0, 0.1) is 0 Å². The van der Waals surface area contributed by atoms with Gasteiger partial charge in [-0.15, -0.1) is 0 Å². The number of nitrogens with one attached hydrogen (secondary N) is 1. The summed E-state index contributed by atoms with van der Waals surface area (Å²) in [5, 5.41) is 9.16. The van der Waals surface area contributed by atoms with Crippen molar-refractivity contribution in [2.45, 2.75) is 6.92 Å². The molecule has 25 heavy (non-hydrogen) atoms. The van der Waals surface area contributed by atoms with Crippen LogP contribution < -0.4 is 11.0 Å². The monoisotopic (exact) mass is 398 g/mol. The molecule has 3 rings (SSSR count). The molecule has 2 aromatic carbocycles. The predicted octanol–water partition coefficient (Wildman–Crippen LogP) is 2.85. The van der Waals surface area contributed by atoms with Crippen molar-refractivity contribution >= 4 is 38.3 Å². The van der Waals surface area contributed by atoms with Crippen molar-refractivity contribution in [2.75, 3.05) is 0 Å². The molecule has 0 radical (unpaired) electrons. The average Bonchev–Trinajstić information content (AvgIpc) is 2.63. The number of benzene rings is 2. The van der Waals surface area contributed by atoms with Crippen molar-refractivity contribution in [3.63, 3.8) is 0 Å². The minimum Gasteiger partial charge on any atom is -0.267 e. The topological polar surface area (TPSA) is 76.3 Å². The normalized spacial score (nSPS) is 11.6. The summed E-state index contributed by atoms with van der Waals surface area (Å²) in [6, 6.07) is 14.5. The zero-order valence-electron chi connectivity index (χ0n) is 13.7. The van der Waals surface area contributed by atoms with Crippen molar-refractivity contribution in [2.24, 2.45) is 12.1 Å². The molecule has 7 heteroatoms. The average molecular weight is 399 g/mol. The maximum Gasteiger partial charge on any atom is 0.292 e. The molecular weight excluding hydrogens is 384 g/mol. The second kappa shape index (κ2) is 6.98. The second-order valence-corrected chi connectivity index (χ2v) is 6.38. The number of hydrogen-bond acceptors (Lipinski definition) is 4. The minimum absolute atomic E-state index is 0.157. The molecule has 126 valence electrons. The van der Waals surface area contributed by atoms with Crippen LogP contribution >= 0.6 is 15.9 Å². The molecular formula is C18H15BrN4O2. The highest BCUT2D eigenvalue weighted by Gasteiger charge is 2.15. The first-order valence-corrected chi connectivity index (χ1v) is 8.33. The van der Waals surface area contributed by atoms with Gasteiger partial charge < -0.3 is 0 Å². The minimum atomic E-state index is -0.469. The van der Waals surface area contributed by atoms with Crippen LogP contribution in [0.15, 0.2) is 62.9 Å². The second-order valence-electron chi connectivity index (χ2n) is 5.47. The molecule has 0 aliphatic carbocycles. The Balaban J connectivity index is 1.93. The largest absolute Gasteiger partial charge is 0.292 e. The zero-order valence-corrected chi connectivity index (χ0v) is 15.2. The first kappa shape index (κ1) is 17.0. The van der Waals surface area contributed by atoms with Gasteiger partial charge in [-0.25, -0.2) is 10.1 Å². The van der Waals surface area contributed by atoms with Crippen molar-refractivity contribution < 1.29 is 4.79 Å². The summed E-state index contributed by atoms with van der Waals surface area (Å²) in [4.78, 5) is 24.6. The molecule has 1 heterocycles. The fourth-order valence-corrected chi connectivity index (χ4v) is 2.67. The third kappa shape index (κ3) is 3.51. The molecule has 0 spiro atoms. The Morgan fingerprint density at radius 1 is 1.12 bits per heavy atom. The molecule has 0 fully saturated rings. The van der Waals surface area contributed by atoms with E-state index in [4.69, 9.17) is 0 Å². The third-order valence-corrected chi connectivity index (χ3v) is 4.29. The lowest BCUT2D eigenvalue weighted by Gasteiger charge is -2.07. The summed E-state index contributed by atoms with van der Waals surface area (Å²) in [6.45, 7) is 1.80. The van der Waals surface area contributed by atoms with E-state index >= 15 is 0 Å². The van der Waals surface area contributed by atoms with Crippen molar-refractivity contribution in [3.8, 4) is 0 Å². The number of aryl methyl sites for hydroxylation is 1. The fraction of sp³-hybridized carbons (Fsp3) is 0.111. The van der Waals surface area contributed by atoms with Crippen molar-refractivity contribution in [1.29, 1.82) is 0 Å². The predicted molar refractivity (Wildman–Crippen MR) is 101 cm³/mol. The van der Waals surface area contributed by atoms with Gasteiger partial charge in [-0.1, -0.05) is 46.3 Å². The van der Waals surface area contributed by atoms with E-state index < -0.39 is 5.91 Å². The van der Waals surface area contributed by atoms with Crippen LogP contribution in [0.1, 0.15) is 23.0 Å². The molecule has 1 aromatic heterocycles. The number of hydrazone groups is 1. The standard InChI is InChI=1S/C18H15BrN4O2/c1-11(12-7-9-13(19)10-8-12)20-21-17(24)16-14-5-3-4-6-15(14)18(25)23(2)22-16/h3-10H,1-2H3,(H,21,24)/b20-11-. The first-order chi connectivity index (χ1) is 12.0. The number of aromatic nitrogens is 2. The summed E-state index contributed by atoms with van der Waals surface area (Å²) in [6.07, 6.45) is 0. The van der Waals surface area contributed by atoms with E-state index in [1.807, 2.05) is 24.3 Å². The molecule has 1 amide bonds. The molecule has 1 N–H and O–H groups in total. The molecule has 0 aliphatic heterocycles. The van der Waals surface area contributed by atoms with Gasteiger partial charge >= 0.3 is 0 Å². The van der Waals surface area contributed by atoms with E-state index in [0.717, 1.165) is 14.7 Å². The molecule has 0 atom stereocenters. The van der Waals surface area contributed by atoms with E-state index in [1.165, 1.54) is 7.05 Å². The number of carbonyl (C=O) groups is 1. The molecule has 0 saturated heterocycles. The summed E-state index contributed by atoms with van der Waals surface area (Å²) >= 11 is 3.38. The summed E-state index contributed by atoms with van der Waals surface area (Å²) in [5.41, 5.74) is 3.97. The summed E-state index contributed by atoms with van der Waals surface area (Å²) in [5.74, 6) is -0.469. The lowest BCUT2D eigenvalue weighted by Crippen LogP contribution is -2.27. The first-order valence-electron chi connectivity index (χ1n) is 7.54. The highest BCUT2D eigenvalue weighted by Crippen LogP contribution is 2.13. The molecule has 0 saturated carbocycles. The van der Waals surface area contributed by atoms with Gasteiger partial charge in [-0.3, -0.25) is 9.59 Å². The van der Waals surface area contributed by atoms with Crippen molar-refractivity contribution in [1.82, 2.24) is 15.2 Å². The Hall–Kier alpha value is -2.80. The van der Waals surface area contributed by atoms with E-state index in [2.05, 4.69) is 31.6 Å². The van der Waals surface area contributed by atoms with Gasteiger partial charge in [0.2, 0.25) is 0 Å². The van der Waals surface area contributed by atoms with Crippen LogP contribution in [0.4, 0.5) is 0 Å². The van der Waals surface area contributed by atoms with E-state index in [9.17, 15) is 9.59 Å². The van der Waals surface area contributed by atoms with Crippen LogP contribution in [-0.4, -0.2) is 21.4 Å². The fourth-order valence-electron chi connectivity index (χ4n) is 2.41. The SMILES string of the molecule is C/C(=N/NC(=O)c1nn(C)c(=O)c2ccccc12)c1ccc(Br)cc1. The maximum absolute atomic E-state index is 12.5. The van der Waals surface area contributed by atoms with Crippen LogP contribution in [0.5, 0.6) is 0 Å². The lowest BCUT2D eigenvalue weighted by atomic mass is 10.1. The molecule has 0 aliphatic rings. The number of nitrogens with zero attached hydrogens (tertiary/aromatic N) is 3. The van der Waals surface area contributed by atoms with Gasteiger partial charge in [0.25, 0.3) is 11.5 Å². The summed E-state index contributed by atoms with van der Waals surface area (Å²) in [7, 11) is 1.52. The molecule has 0 unspecified atom stereocenters. The maximum atomic E-state index is 12.5. The van der Waals surface area contributed by atoms with Gasteiger partial charge in [0.05, 0.1) is 11.1 Å². The number of halogens is 1. The van der Waals surface area contributed by atoms with E-state index in [1.54, 1.807) is 31.2 Å². The van der Waals surface area contributed by atoms with Gasteiger partial charge in [-0.2, -0.15) is 10.2 Å². The van der Waals surface area contributed by atoms with Gasteiger partial charge in [0, 0.05) is 16.9 Å². The van der Waals surface area contributed by atoms with Crippen LogP contribution in [0.3, 0.4) is 0 Å². The number of carbonyl (C=O) groups excluding carboxylic acids is 1. The van der Waals surface area contributed by atoms with Crippen molar-refractivity contribution in [3.05, 3.63) is 74.6 Å². The highest BCUT2D eigenvalue weighted by atomic mass is 79.9. The highest BCUT2D eigenvalue weighted by molar-refractivity contribution is 9.10. The van der Waals surface area contributed by atoms with Crippen LogP contribution in [-0.2, 0) is 7.05 Å². The lowest BCUT2D eigenvalue weighted by molar-refractivity contribution is 0.0949. The quantitative estimate of drug-likeness (QED) is 0.544. The Morgan fingerprint density at radius 2 is 1.76 bits per heavy atom. The molecule has 6 nitrogen and oxygen atoms in total. The Kier molecular flexibility index (Phi) is 4.76. The smallest absolute Gasteiger partial charge is 0.267 e. The number of amides is 1. The van der Waals surface area contributed by atoms with E-state index in [-0.39, 0.29) is 11.3 Å². The summed E-state index contributed by atoms with van der Waals surface area (Å²) < 4.78 is 2.12. The number of fused-ring (bicyclic) bond motifs is 1. The number of hydrogen-bond donors (Lipinski definition) is 1. The van der Waals surface area contributed by atoms with Crippen LogP contribution in [0.25, 0.3) is 10.8 Å². The Morgan fingerprint density at radius 3 is 2.44 bits per heavy atom. The van der Waals surface area contributed by atoms with Gasteiger partial charge in [0.1, 0.15) is 0 Å². The molecule has 3 aromatic rings. The van der Waals surface area contributed by atoms with Crippen LogP contribution in [0.2, 0.25) is 0 Å². The Bertz CT molecular complexity index is 1040. The zero-order chi connectivity index (χ0) is 18.0. The van der Waals surface area contributed by atoms with Gasteiger partial charge in [0.15, 0.2) is 5.69 Å². The third-order valence-electron chi connectivity index (χ3n) is 3.76. The Labute approximate surface area is 152 Å². The number of rotatable bonds is 3.